The summed E-state index contributed by atoms with van der Waals surface area (Å²) in [6.07, 6.45) is -6.00. The van der Waals surface area contributed by atoms with Crippen LogP contribution >= 0.6 is 0 Å². The third-order valence-electron chi connectivity index (χ3n) is 5.16. The average molecular weight is 480 g/mol. The van der Waals surface area contributed by atoms with Gasteiger partial charge >= 0.3 is 12.3 Å². The molecule has 182 valence electrons. The molecule has 34 heavy (non-hydrogen) atoms. The Bertz CT molecular complexity index is 1110. The van der Waals surface area contributed by atoms with Gasteiger partial charge in [-0.1, -0.05) is 6.07 Å². The predicted molar refractivity (Wildman–Crippen MR) is 116 cm³/mol. The van der Waals surface area contributed by atoms with Crippen molar-refractivity contribution in [3.05, 3.63) is 35.5 Å². The van der Waals surface area contributed by atoms with Crippen LogP contribution in [0.25, 0.3) is 11.3 Å². The molecule has 0 saturated carbocycles. The Morgan fingerprint density at radius 2 is 2.06 bits per heavy atom. The minimum absolute atomic E-state index is 0.187. The molecule has 3 amide bonds. The van der Waals surface area contributed by atoms with Crippen LogP contribution in [-0.4, -0.2) is 65.3 Å². The van der Waals surface area contributed by atoms with Crippen molar-refractivity contribution in [1.82, 2.24) is 20.0 Å². The molecule has 10 nitrogen and oxygen atoms in total. The molecule has 3 rings (SSSR count). The van der Waals surface area contributed by atoms with E-state index in [-0.39, 0.29) is 24.9 Å². The van der Waals surface area contributed by atoms with E-state index in [4.69, 9.17) is 5.41 Å². The van der Waals surface area contributed by atoms with Gasteiger partial charge in [0.25, 0.3) is 5.91 Å². The number of carbonyl (C=O) groups excluding carboxylic acids is 3. The maximum absolute atomic E-state index is 13.0. The van der Waals surface area contributed by atoms with Crippen LogP contribution in [0.3, 0.4) is 0 Å². The normalized spacial score (nSPS) is 15.5. The zero-order valence-electron chi connectivity index (χ0n) is 18.4. The average Bonchev–Trinajstić information content (AvgIpc) is 3.24. The molecule has 0 bridgehead atoms. The first-order valence-corrected chi connectivity index (χ1v) is 10.2. The summed E-state index contributed by atoms with van der Waals surface area (Å²) in [6.45, 7) is 1.76. The second-order valence-corrected chi connectivity index (χ2v) is 7.68. The summed E-state index contributed by atoms with van der Waals surface area (Å²) >= 11 is 0. The molecule has 13 heteroatoms. The van der Waals surface area contributed by atoms with Gasteiger partial charge in [0, 0.05) is 24.7 Å². The van der Waals surface area contributed by atoms with Crippen molar-refractivity contribution in [2.24, 2.45) is 0 Å². The molecular formula is C21H23F3N6O4. The van der Waals surface area contributed by atoms with Crippen molar-refractivity contribution in [2.75, 3.05) is 25.6 Å². The van der Waals surface area contributed by atoms with Gasteiger partial charge in [0.05, 0.1) is 37.6 Å². The van der Waals surface area contributed by atoms with Gasteiger partial charge in [-0.2, -0.15) is 18.3 Å². The standard InChI is InChI=1S/C21H23F3N6O4/c1-12-10-29(11-26-18(31)5-6-21(22,23)24)19(32)17-8-16(28-30(12)17)14-4-3-13(9-25)7-15(14)27-20(33)34-2/h3-4,7-9,12,25H,5-6,10-11H2,1-2H3,(H,26,31)(H,27,33)/t12-/m0/s1. The summed E-state index contributed by atoms with van der Waals surface area (Å²) in [5.74, 6) is -1.26. The lowest BCUT2D eigenvalue weighted by atomic mass is 10.1. The molecule has 0 spiro atoms. The topological polar surface area (TPSA) is 129 Å². The summed E-state index contributed by atoms with van der Waals surface area (Å²) in [4.78, 5) is 37.8. The highest BCUT2D eigenvalue weighted by Crippen LogP contribution is 2.31. The van der Waals surface area contributed by atoms with Gasteiger partial charge in [0.15, 0.2) is 0 Å². The van der Waals surface area contributed by atoms with Crippen LogP contribution in [0, 0.1) is 5.41 Å². The van der Waals surface area contributed by atoms with Crippen LogP contribution in [0.2, 0.25) is 0 Å². The Labute approximate surface area is 192 Å². The first kappa shape index (κ1) is 24.7. The van der Waals surface area contributed by atoms with Gasteiger partial charge in [0.2, 0.25) is 5.91 Å². The number of anilines is 1. The fourth-order valence-electron chi connectivity index (χ4n) is 3.47. The highest BCUT2D eigenvalue weighted by atomic mass is 19.4. The zero-order chi connectivity index (χ0) is 25.0. The first-order valence-electron chi connectivity index (χ1n) is 10.2. The van der Waals surface area contributed by atoms with Crippen molar-refractivity contribution < 1.29 is 32.3 Å². The minimum Gasteiger partial charge on any atom is -0.453 e. The molecule has 1 aliphatic rings. The summed E-state index contributed by atoms with van der Waals surface area (Å²) in [5, 5.41) is 16.8. The monoisotopic (exact) mass is 480 g/mol. The maximum atomic E-state index is 13.0. The van der Waals surface area contributed by atoms with Crippen LogP contribution in [0.5, 0.6) is 0 Å². The molecule has 0 fully saturated rings. The van der Waals surface area contributed by atoms with Crippen LogP contribution in [-0.2, 0) is 9.53 Å². The number of carbonyl (C=O) groups is 3. The van der Waals surface area contributed by atoms with Gasteiger partial charge in [-0.25, -0.2) is 4.79 Å². The summed E-state index contributed by atoms with van der Waals surface area (Å²) in [5.41, 5.74) is 1.95. The van der Waals surface area contributed by atoms with Gasteiger partial charge in [-0.05, 0) is 30.7 Å². The number of nitrogens with one attached hydrogen (secondary N) is 3. The number of ether oxygens (including phenoxy) is 1. The van der Waals surface area contributed by atoms with E-state index in [0.29, 0.717) is 22.5 Å². The van der Waals surface area contributed by atoms with E-state index >= 15 is 0 Å². The zero-order valence-corrected chi connectivity index (χ0v) is 18.4. The second kappa shape index (κ2) is 9.93. The molecule has 1 atom stereocenters. The fourth-order valence-corrected chi connectivity index (χ4v) is 3.47. The number of benzene rings is 1. The third kappa shape index (κ3) is 5.71. The van der Waals surface area contributed by atoms with Gasteiger partial charge in [-0.3, -0.25) is 19.6 Å². The fraction of sp³-hybridized carbons (Fsp3) is 0.381. The van der Waals surface area contributed by atoms with E-state index < -0.39 is 36.9 Å². The van der Waals surface area contributed by atoms with Crippen LogP contribution < -0.4 is 10.6 Å². The number of hydrogen-bond donors (Lipinski definition) is 3. The molecule has 2 heterocycles. The molecule has 2 aromatic rings. The molecule has 1 aromatic heterocycles. The Kier molecular flexibility index (Phi) is 7.23. The SMILES string of the molecule is COC(=O)Nc1cc(C=N)ccc1-c1cc2n(n1)[C@@H](C)CN(CNC(=O)CCC(F)(F)F)C2=O. The molecule has 1 aliphatic heterocycles. The van der Waals surface area contributed by atoms with Gasteiger partial charge in [-0.15, -0.1) is 0 Å². The van der Waals surface area contributed by atoms with Gasteiger partial charge < -0.3 is 20.4 Å². The second-order valence-electron chi connectivity index (χ2n) is 7.68. The summed E-state index contributed by atoms with van der Waals surface area (Å²) in [6, 6.07) is 6.10. The van der Waals surface area contributed by atoms with Crippen molar-refractivity contribution in [2.45, 2.75) is 32.0 Å². The highest BCUT2D eigenvalue weighted by Gasteiger charge is 2.32. The van der Waals surface area contributed by atoms with E-state index in [9.17, 15) is 27.6 Å². The van der Waals surface area contributed by atoms with E-state index in [1.54, 1.807) is 25.1 Å². The number of fused-ring (bicyclic) bond motifs is 1. The van der Waals surface area contributed by atoms with Gasteiger partial charge in [0.1, 0.15) is 5.69 Å². The van der Waals surface area contributed by atoms with E-state index in [1.807, 2.05) is 0 Å². The number of hydrogen-bond acceptors (Lipinski definition) is 6. The lowest BCUT2D eigenvalue weighted by Crippen LogP contribution is -2.47. The number of rotatable bonds is 7. The van der Waals surface area contributed by atoms with Crippen LogP contribution in [0.1, 0.15) is 41.9 Å². The molecule has 0 aliphatic carbocycles. The molecule has 3 N–H and O–H groups in total. The first-order chi connectivity index (χ1) is 16.0. The van der Waals surface area contributed by atoms with Crippen molar-refractivity contribution in [3.63, 3.8) is 0 Å². The lowest BCUT2D eigenvalue weighted by molar-refractivity contribution is -0.144. The molecule has 0 saturated heterocycles. The Hall–Kier alpha value is -3.90. The summed E-state index contributed by atoms with van der Waals surface area (Å²) < 4.78 is 43.1. The Morgan fingerprint density at radius 1 is 1.32 bits per heavy atom. The van der Waals surface area contributed by atoms with Crippen molar-refractivity contribution in [1.29, 1.82) is 5.41 Å². The van der Waals surface area contributed by atoms with Crippen molar-refractivity contribution >= 4 is 29.8 Å². The third-order valence-corrected chi connectivity index (χ3v) is 5.16. The number of halogens is 3. The maximum Gasteiger partial charge on any atom is 0.411 e. The largest absolute Gasteiger partial charge is 0.453 e. The Morgan fingerprint density at radius 3 is 2.71 bits per heavy atom. The minimum atomic E-state index is -4.44. The molecular weight excluding hydrogens is 457 g/mol. The lowest BCUT2D eigenvalue weighted by Gasteiger charge is -2.31. The predicted octanol–water partition coefficient (Wildman–Crippen LogP) is 3.16. The van der Waals surface area contributed by atoms with Crippen LogP contribution in [0.15, 0.2) is 24.3 Å². The number of amides is 3. The van der Waals surface area contributed by atoms with E-state index in [1.165, 1.54) is 22.8 Å². The van der Waals surface area contributed by atoms with E-state index in [0.717, 1.165) is 6.21 Å². The molecule has 1 aromatic carbocycles. The number of nitrogens with zero attached hydrogens (tertiary/aromatic N) is 3. The quantitative estimate of drug-likeness (QED) is 0.525. The summed E-state index contributed by atoms with van der Waals surface area (Å²) in [7, 11) is 1.21. The van der Waals surface area contributed by atoms with E-state index in [2.05, 4.69) is 20.5 Å². The smallest absolute Gasteiger partial charge is 0.411 e. The molecule has 0 unspecified atom stereocenters. The number of alkyl halides is 3. The van der Waals surface area contributed by atoms with Crippen molar-refractivity contribution in [3.8, 4) is 11.3 Å². The highest BCUT2D eigenvalue weighted by molar-refractivity contribution is 5.97. The van der Waals surface area contributed by atoms with Crippen LogP contribution in [0.4, 0.5) is 23.7 Å². The number of aromatic nitrogens is 2. The number of methoxy groups -OCH3 is 1. The Balaban J connectivity index is 1.81. The molecule has 0 radical (unpaired) electrons.